The van der Waals surface area contributed by atoms with Crippen molar-refractivity contribution >= 4 is 28.3 Å². The van der Waals surface area contributed by atoms with Gasteiger partial charge in [0.1, 0.15) is 11.6 Å². The van der Waals surface area contributed by atoms with Gasteiger partial charge in [-0.25, -0.2) is 9.97 Å². The Morgan fingerprint density at radius 1 is 1.22 bits per heavy atom. The molecule has 1 N–H and O–H groups in total. The Labute approximate surface area is 139 Å². The SMILES string of the molecule is Clc1ccc2[nH]c3c(c2c1)CN(c1ccnc(C2CC2)n1)CC3. The summed E-state index contributed by atoms with van der Waals surface area (Å²) in [6.07, 6.45) is 5.37. The highest BCUT2D eigenvalue weighted by Gasteiger charge is 2.28. The van der Waals surface area contributed by atoms with Gasteiger partial charge in [-0.05, 0) is 37.1 Å². The van der Waals surface area contributed by atoms with Crippen LogP contribution in [-0.2, 0) is 13.0 Å². The molecule has 1 aliphatic carbocycles. The molecule has 0 unspecified atom stereocenters. The maximum Gasteiger partial charge on any atom is 0.133 e. The van der Waals surface area contributed by atoms with Gasteiger partial charge in [-0.2, -0.15) is 0 Å². The van der Waals surface area contributed by atoms with Crippen LogP contribution in [0.1, 0.15) is 35.8 Å². The Hall–Kier alpha value is -2.07. The second-order valence-corrected chi connectivity index (χ2v) is 6.93. The summed E-state index contributed by atoms with van der Waals surface area (Å²) in [6, 6.07) is 8.09. The Bertz CT molecular complexity index is 897. The fourth-order valence-electron chi connectivity index (χ4n) is 3.46. The highest BCUT2D eigenvalue weighted by molar-refractivity contribution is 6.31. The molecule has 5 heteroatoms. The number of aromatic nitrogens is 3. The molecular weight excluding hydrogens is 308 g/mol. The summed E-state index contributed by atoms with van der Waals surface area (Å²) in [7, 11) is 0. The predicted molar refractivity (Wildman–Crippen MR) is 92.1 cm³/mol. The Balaban J connectivity index is 1.52. The highest BCUT2D eigenvalue weighted by atomic mass is 35.5. The molecule has 0 amide bonds. The van der Waals surface area contributed by atoms with E-state index in [0.29, 0.717) is 5.92 Å². The van der Waals surface area contributed by atoms with E-state index in [1.165, 1.54) is 35.0 Å². The van der Waals surface area contributed by atoms with Crippen molar-refractivity contribution in [2.75, 3.05) is 11.4 Å². The topological polar surface area (TPSA) is 44.8 Å². The molecule has 0 bridgehead atoms. The Morgan fingerprint density at radius 2 is 2.13 bits per heavy atom. The Morgan fingerprint density at radius 3 is 3.00 bits per heavy atom. The lowest BCUT2D eigenvalue weighted by atomic mass is 10.0. The third kappa shape index (κ3) is 2.29. The summed E-state index contributed by atoms with van der Waals surface area (Å²) in [5.74, 6) is 2.64. The van der Waals surface area contributed by atoms with Crippen LogP contribution >= 0.6 is 11.6 Å². The van der Waals surface area contributed by atoms with Crippen LogP contribution in [0, 0.1) is 0 Å². The van der Waals surface area contributed by atoms with Gasteiger partial charge in [-0.15, -0.1) is 0 Å². The Kier molecular flexibility index (Phi) is 2.89. The molecule has 2 aliphatic rings. The number of aromatic amines is 1. The standard InChI is InChI=1S/C18H17ClN4/c19-12-3-4-15-13(9-12)14-10-23(8-6-16(14)21-15)17-5-7-20-18(22-17)11-1-2-11/h3-5,7,9,11,21H,1-2,6,8,10H2. The van der Waals surface area contributed by atoms with E-state index in [0.717, 1.165) is 36.2 Å². The number of H-pyrrole nitrogens is 1. The summed E-state index contributed by atoms with van der Waals surface area (Å²) in [6.45, 7) is 1.85. The molecule has 3 aromatic rings. The minimum Gasteiger partial charge on any atom is -0.358 e. The molecule has 0 atom stereocenters. The number of hydrogen-bond acceptors (Lipinski definition) is 3. The number of fused-ring (bicyclic) bond motifs is 3. The van der Waals surface area contributed by atoms with Crippen LogP contribution in [0.2, 0.25) is 5.02 Å². The van der Waals surface area contributed by atoms with E-state index in [-0.39, 0.29) is 0 Å². The monoisotopic (exact) mass is 324 g/mol. The molecule has 3 heterocycles. The summed E-state index contributed by atoms with van der Waals surface area (Å²) in [5, 5.41) is 2.02. The van der Waals surface area contributed by atoms with Crippen molar-refractivity contribution in [1.29, 1.82) is 0 Å². The second-order valence-electron chi connectivity index (χ2n) is 6.49. The first-order valence-corrected chi connectivity index (χ1v) is 8.52. The average Bonchev–Trinajstić information content (AvgIpc) is 3.37. The fourth-order valence-corrected chi connectivity index (χ4v) is 3.63. The van der Waals surface area contributed by atoms with Crippen molar-refractivity contribution in [3.8, 4) is 0 Å². The van der Waals surface area contributed by atoms with Gasteiger partial charge in [0, 0.05) is 58.8 Å². The van der Waals surface area contributed by atoms with Crippen LogP contribution in [-0.4, -0.2) is 21.5 Å². The molecule has 0 radical (unpaired) electrons. The van der Waals surface area contributed by atoms with Gasteiger partial charge in [-0.1, -0.05) is 11.6 Å². The zero-order valence-corrected chi connectivity index (χ0v) is 13.5. The minimum absolute atomic E-state index is 0.585. The van der Waals surface area contributed by atoms with Gasteiger partial charge in [0.15, 0.2) is 0 Å². The minimum atomic E-state index is 0.585. The molecule has 0 spiro atoms. The van der Waals surface area contributed by atoms with Crippen LogP contribution in [0.3, 0.4) is 0 Å². The molecule has 2 aromatic heterocycles. The van der Waals surface area contributed by atoms with E-state index in [1.807, 2.05) is 18.3 Å². The lowest BCUT2D eigenvalue weighted by Gasteiger charge is -2.28. The molecule has 4 nitrogen and oxygen atoms in total. The average molecular weight is 325 g/mol. The first-order chi connectivity index (χ1) is 11.3. The van der Waals surface area contributed by atoms with Crippen molar-refractivity contribution in [2.24, 2.45) is 0 Å². The lowest BCUT2D eigenvalue weighted by molar-refractivity contribution is 0.709. The van der Waals surface area contributed by atoms with Crippen LogP contribution in [0.25, 0.3) is 10.9 Å². The molecule has 5 rings (SSSR count). The number of rotatable bonds is 2. The number of hydrogen-bond donors (Lipinski definition) is 1. The molecule has 116 valence electrons. The third-order valence-electron chi connectivity index (χ3n) is 4.86. The molecule has 1 aromatic carbocycles. The van der Waals surface area contributed by atoms with E-state index < -0.39 is 0 Å². The van der Waals surface area contributed by atoms with E-state index in [9.17, 15) is 0 Å². The number of benzene rings is 1. The normalized spacial score (nSPS) is 17.5. The summed E-state index contributed by atoms with van der Waals surface area (Å²) < 4.78 is 0. The van der Waals surface area contributed by atoms with Crippen molar-refractivity contribution in [1.82, 2.24) is 15.0 Å². The fraction of sp³-hybridized carbons (Fsp3) is 0.333. The van der Waals surface area contributed by atoms with Crippen LogP contribution in [0.4, 0.5) is 5.82 Å². The molecular formula is C18H17ClN4. The quantitative estimate of drug-likeness (QED) is 0.773. The number of nitrogens with one attached hydrogen (secondary N) is 1. The zero-order chi connectivity index (χ0) is 15.4. The summed E-state index contributed by atoms with van der Waals surface area (Å²) in [4.78, 5) is 15.1. The van der Waals surface area contributed by atoms with E-state index in [1.54, 1.807) is 0 Å². The first-order valence-electron chi connectivity index (χ1n) is 8.15. The second kappa shape index (κ2) is 4.96. The van der Waals surface area contributed by atoms with E-state index in [4.69, 9.17) is 16.6 Å². The predicted octanol–water partition coefficient (Wildman–Crippen LogP) is 4.05. The van der Waals surface area contributed by atoms with E-state index >= 15 is 0 Å². The molecule has 23 heavy (non-hydrogen) atoms. The van der Waals surface area contributed by atoms with Crippen molar-refractivity contribution in [3.05, 3.63) is 52.6 Å². The smallest absolute Gasteiger partial charge is 0.133 e. The van der Waals surface area contributed by atoms with E-state index in [2.05, 4.69) is 27.0 Å². The highest BCUT2D eigenvalue weighted by Crippen LogP contribution is 2.38. The largest absolute Gasteiger partial charge is 0.358 e. The molecule has 1 saturated carbocycles. The number of halogens is 1. The number of nitrogens with zero attached hydrogens (tertiary/aromatic N) is 3. The lowest BCUT2D eigenvalue weighted by Crippen LogP contribution is -2.31. The number of anilines is 1. The summed E-state index contributed by atoms with van der Waals surface area (Å²) >= 11 is 6.19. The molecule has 1 aliphatic heterocycles. The van der Waals surface area contributed by atoms with Gasteiger partial charge in [-0.3, -0.25) is 0 Å². The van der Waals surface area contributed by atoms with Crippen molar-refractivity contribution in [3.63, 3.8) is 0 Å². The third-order valence-corrected chi connectivity index (χ3v) is 5.10. The van der Waals surface area contributed by atoms with Gasteiger partial charge < -0.3 is 9.88 Å². The maximum atomic E-state index is 6.19. The molecule has 0 saturated heterocycles. The van der Waals surface area contributed by atoms with Crippen LogP contribution < -0.4 is 4.90 Å². The zero-order valence-electron chi connectivity index (χ0n) is 12.7. The van der Waals surface area contributed by atoms with Gasteiger partial charge in [0.25, 0.3) is 0 Å². The van der Waals surface area contributed by atoms with Crippen molar-refractivity contribution in [2.45, 2.75) is 31.7 Å². The molecule has 1 fully saturated rings. The van der Waals surface area contributed by atoms with Crippen molar-refractivity contribution < 1.29 is 0 Å². The van der Waals surface area contributed by atoms with Crippen LogP contribution in [0.15, 0.2) is 30.5 Å². The van der Waals surface area contributed by atoms with Gasteiger partial charge in [0.05, 0.1) is 0 Å². The van der Waals surface area contributed by atoms with Gasteiger partial charge >= 0.3 is 0 Å². The summed E-state index contributed by atoms with van der Waals surface area (Å²) in [5.41, 5.74) is 3.85. The first kappa shape index (κ1) is 13.4. The van der Waals surface area contributed by atoms with Crippen LogP contribution in [0.5, 0.6) is 0 Å². The maximum absolute atomic E-state index is 6.19. The van der Waals surface area contributed by atoms with Gasteiger partial charge in [0.2, 0.25) is 0 Å².